The van der Waals surface area contributed by atoms with Gasteiger partial charge in [-0.25, -0.2) is 4.79 Å². The molecule has 0 aliphatic carbocycles. The van der Waals surface area contributed by atoms with Gasteiger partial charge in [-0.2, -0.15) is 0 Å². The number of hydrogen-bond acceptors (Lipinski definition) is 4. The van der Waals surface area contributed by atoms with Crippen molar-refractivity contribution in [3.63, 3.8) is 0 Å². The zero-order valence-electron chi connectivity index (χ0n) is 11.7. The predicted octanol–water partition coefficient (Wildman–Crippen LogP) is 1.04. The monoisotopic (exact) mass is 278 g/mol. The Morgan fingerprint density at radius 3 is 2.30 bits per heavy atom. The van der Waals surface area contributed by atoms with E-state index in [2.05, 4.69) is 10.6 Å². The van der Waals surface area contributed by atoms with E-state index in [0.717, 1.165) is 5.56 Å². The molecule has 2 N–H and O–H groups in total. The van der Waals surface area contributed by atoms with E-state index in [1.54, 1.807) is 31.2 Å². The van der Waals surface area contributed by atoms with Crippen LogP contribution in [0.4, 0.5) is 4.79 Å². The molecule has 0 saturated carbocycles. The Morgan fingerprint density at radius 2 is 1.80 bits per heavy atom. The molecule has 1 atom stereocenters. The molecular formula is C14H18N2O4. The number of Topliss-reactive ketones (excluding diaryl/α,β-unsaturated/α-hetero) is 1. The largest absolute Gasteiger partial charge is 0.481 e. The summed E-state index contributed by atoms with van der Waals surface area (Å²) in [7, 11) is 1.42. The highest BCUT2D eigenvalue weighted by Crippen LogP contribution is 2.14. The molecule has 108 valence electrons. The van der Waals surface area contributed by atoms with Crippen molar-refractivity contribution in [3.8, 4) is 5.75 Å². The number of amides is 3. The van der Waals surface area contributed by atoms with Gasteiger partial charge in [-0.15, -0.1) is 0 Å². The highest BCUT2D eigenvalue weighted by Gasteiger charge is 2.16. The van der Waals surface area contributed by atoms with E-state index in [1.807, 2.05) is 0 Å². The molecule has 0 radical (unpaired) electrons. The van der Waals surface area contributed by atoms with Gasteiger partial charge in [0.2, 0.25) is 0 Å². The van der Waals surface area contributed by atoms with Gasteiger partial charge in [-0.05, 0) is 31.5 Å². The van der Waals surface area contributed by atoms with Crippen LogP contribution in [0, 0.1) is 0 Å². The molecule has 6 heteroatoms. The van der Waals surface area contributed by atoms with Crippen molar-refractivity contribution in [1.82, 2.24) is 10.6 Å². The van der Waals surface area contributed by atoms with Gasteiger partial charge in [-0.1, -0.05) is 12.1 Å². The Hall–Kier alpha value is -2.37. The third kappa shape index (κ3) is 5.09. The van der Waals surface area contributed by atoms with Crippen LogP contribution in [0.5, 0.6) is 5.75 Å². The number of hydrogen-bond donors (Lipinski definition) is 2. The fourth-order valence-corrected chi connectivity index (χ4v) is 1.51. The molecule has 0 aliphatic heterocycles. The number of ketones is 1. The summed E-state index contributed by atoms with van der Waals surface area (Å²) in [5.41, 5.74) is 0.882. The van der Waals surface area contributed by atoms with Crippen LogP contribution in [0.2, 0.25) is 0 Å². The molecule has 0 spiro atoms. The summed E-state index contributed by atoms with van der Waals surface area (Å²) in [5, 5.41) is 4.41. The maximum Gasteiger partial charge on any atom is 0.321 e. The van der Waals surface area contributed by atoms with E-state index in [0.29, 0.717) is 12.2 Å². The third-order valence-electron chi connectivity index (χ3n) is 2.52. The van der Waals surface area contributed by atoms with Crippen molar-refractivity contribution in [2.45, 2.75) is 26.4 Å². The van der Waals surface area contributed by atoms with E-state index in [4.69, 9.17) is 4.74 Å². The van der Waals surface area contributed by atoms with Crippen molar-refractivity contribution in [2.75, 3.05) is 7.05 Å². The normalized spacial score (nSPS) is 11.3. The molecule has 3 amide bonds. The molecule has 1 unspecified atom stereocenters. The average Bonchev–Trinajstić information content (AvgIpc) is 2.40. The molecule has 0 bridgehead atoms. The summed E-state index contributed by atoms with van der Waals surface area (Å²) < 4.78 is 5.40. The first-order chi connectivity index (χ1) is 9.42. The zero-order valence-corrected chi connectivity index (χ0v) is 11.7. The summed E-state index contributed by atoms with van der Waals surface area (Å²) >= 11 is 0. The first kappa shape index (κ1) is 15.7. The summed E-state index contributed by atoms with van der Waals surface area (Å²) in [6.07, 6.45) is -0.432. The second-order valence-electron chi connectivity index (χ2n) is 4.35. The Balaban J connectivity index is 2.57. The topological polar surface area (TPSA) is 84.5 Å². The summed E-state index contributed by atoms with van der Waals surface area (Å²) in [5.74, 6) is 0.0472. The SMILES string of the molecule is CNC(=O)NC(=O)C(C)Oc1ccc(CC(C)=O)cc1. The van der Waals surface area contributed by atoms with Crippen LogP contribution >= 0.6 is 0 Å². The summed E-state index contributed by atoms with van der Waals surface area (Å²) in [6, 6.07) is 6.31. The molecule has 1 aromatic carbocycles. The van der Waals surface area contributed by atoms with Crippen molar-refractivity contribution in [3.05, 3.63) is 29.8 Å². The van der Waals surface area contributed by atoms with Crippen LogP contribution in [-0.4, -0.2) is 30.9 Å². The smallest absolute Gasteiger partial charge is 0.321 e. The minimum atomic E-state index is -0.800. The zero-order chi connectivity index (χ0) is 15.1. The quantitative estimate of drug-likeness (QED) is 0.843. The molecule has 0 heterocycles. The highest BCUT2D eigenvalue weighted by molar-refractivity contribution is 5.96. The molecule has 6 nitrogen and oxygen atoms in total. The van der Waals surface area contributed by atoms with Gasteiger partial charge < -0.3 is 10.1 Å². The van der Waals surface area contributed by atoms with Crippen molar-refractivity contribution >= 4 is 17.7 Å². The van der Waals surface area contributed by atoms with Gasteiger partial charge in [0.1, 0.15) is 11.5 Å². The average molecular weight is 278 g/mol. The first-order valence-corrected chi connectivity index (χ1v) is 6.20. The number of ether oxygens (including phenoxy) is 1. The van der Waals surface area contributed by atoms with E-state index in [-0.39, 0.29) is 5.78 Å². The Bertz CT molecular complexity index is 496. The van der Waals surface area contributed by atoms with Crippen molar-refractivity contribution in [1.29, 1.82) is 0 Å². The summed E-state index contributed by atoms with van der Waals surface area (Å²) in [4.78, 5) is 33.6. The van der Waals surface area contributed by atoms with Crippen LogP contribution in [0.1, 0.15) is 19.4 Å². The van der Waals surface area contributed by atoms with Crippen LogP contribution in [0.25, 0.3) is 0 Å². The first-order valence-electron chi connectivity index (χ1n) is 6.20. The Labute approximate surface area is 117 Å². The van der Waals surface area contributed by atoms with E-state index in [9.17, 15) is 14.4 Å². The van der Waals surface area contributed by atoms with E-state index < -0.39 is 18.0 Å². The van der Waals surface area contributed by atoms with Crippen LogP contribution in [-0.2, 0) is 16.0 Å². The van der Waals surface area contributed by atoms with Crippen LogP contribution < -0.4 is 15.4 Å². The van der Waals surface area contributed by atoms with Gasteiger partial charge >= 0.3 is 6.03 Å². The fourth-order valence-electron chi connectivity index (χ4n) is 1.51. The molecule has 1 rings (SSSR count). The predicted molar refractivity (Wildman–Crippen MR) is 73.5 cm³/mol. The van der Waals surface area contributed by atoms with Gasteiger partial charge in [0.05, 0.1) is 0 Å². The van der Waals surface area contributed by atoms with E-state index in [1.165, 1.54) is 14.0 Å². The van der Waals surface area contributed by atoms with Crippen molar-refractivity contribution < 1.29 is 19.1 Å². The lowest BCUT2D eigenvalue weighted by Gasteiger charge is -2.14. The molecule has 1 aromatic rings. The second kappa shape index (κ2) is 7.28. The maximum absolute atomic E-state index is 11.6. The van der Waals surface area contributed by atoms with Crippen LogP contribution in [0.3, 0.4) is 0 Å². The lowest BCUT2D eigenvalue weighted by atomic mass is 10.1. The number of urea groups is 1. The number of carbonyl (C=O) groups excluding carboxylic acids is 3. The molecule has 0 aliphatic rings. The second-order valence-corrected chi connectivity index (χ2v) is 4.35. The number of rotatable bonds is 5. The number of nitrogens with one attached hydrogen (secondary N) is 2. The number of carbonyl (C=O) groups is 3. The maximum atomic E-state index is 11.6. The van der Waals surface area contributed by atoms with E-state index >= 15 is 0 Å². The molecule has 0 aromatic heterocycles. The molecular weight excluding hydrogens is 260 g/mol. The summed E-state index contributed by atoms with van der Waals surface area (Å²) in [6.45, 7) is 3.07. The van der Waals surface area contributed by atoms with Crippen molar-refractivity contribution in [2.24, 2.45) is 0 Å². The Kier molecular flexibility index (Phi) is 5.71. The number of benzene rings is 1. The minimum Gasteiger partial charge on any atom is -0.481 e. The van der Waals surface area contributed by atoms with Crippen LogP contribution in [0.15, 0.2) is 24.3 Å². The number of imide groups is 1. The lowest BCUT2D eigenvalue weighted by Crippen LogP contribution is -2.43. The van der Waals surface area contributed by atoms with Gasteiger partial charge in [0.15, 0.2) is 6.10 Å². The minimum absolute atomic E-state index is 0.0805. The molecule has 20 heavy (non-hydrogen) atoms. The van der Waals surface area contributed by atoms with Gasteiger partial charge in [0.25, 0.3) is 5.91 Å². The standard InChI is InChI=1S/C14H18N2O4/c1-9(17)8-11-4-6-12(7-5-11)20-10(2)13(18)16-14(19)15-3/h4-7,10H,8H2,1-3H3,(H2,15,16,18,19). The van der Waals surface area contributed by atoms with Gasteiger partial charge in [0, 0.05) is 13.5 Å². The Morgan fingerprint density at radius 1 is 1.20 bits per heavy atom. The highest BCUT2D eigenvalue weighted by atomic mass is 16.5. The fraction of sp³-hybridized carbons (Fsp3) is 0.357. The third-order valence-corrected chi connectivity index (χ3v) is 2.52. The lowest BCUT2D eigenvalue weighted by molar-refractivity contribution is -0.126. The molecule has 0 saturated heterocycles. The van der Waals surface area contributed by atoms with Gasteiger partial charge in [-0.3, -0.25) is 14.9 Å². The molecule has 0 fully saturated rings.